The number of halogens is 1. The number of nitrogens with zero attached hydrogens (tertiary/aromatic N) is 2. The van der Waals surface area contributed by atoms with Crippen molar-refractivity contribution in [2.24, 2.45) is 0 Å². The van der Waals surface area contributed by atoms with E-state index in [1.807, 2.05) is 65.2 Å². The number of fused-ring (bicyclic) bond motifs is 1. The minimum absolute atomic E-state index is 0.278. The molecule has 0 atom stereocenters. The lowest BCUT2D eigenvalue weighted by Crippen LogP contribution is -2.22. The van der Waals surface area contributed by atoms with Gasteiger partial charge in [0.05, 0.1) is 12.1 Å². The third kappa shape index (κ3) is 7.24. The summed E-state index contributed by atoms with van der Waals surface area (Å²) >= 11 is 0. The van der Waals surface area contributed by atoms with Gasteiger partial charge in [0.2, 0.25) is 0 Å². The van der Waals surface area contributed by atoms with Gasteiger partial charge in [-0.05, 0) is 17.2 Å². The van der Waals surface area contributed by atoms with Crippen LogP contribution in [-0.2, 0) is 36.0 Å². The molecule has 0 saturated heterocycles. The first kappa shape index (κ1) is 25.1. The van der Waals surface area contributed by atoms with Crippen molar-refractivity contribution in [2.45, 2.75) is 52.2 Å². The average molecular weight is 493 g/mol. The SMILES string of the molecule is C[Si](C)(C)CCOCn1c(COCc2ccccc2)nc2c(OCc3ccccc3)cc(F)cc21. The zero-order chi connectivity index (χ0) is 24.7. The second-order valence-electron chi connectivity index (χ2n) is 9.83. The molecule has 4 rings (SSSR count). The number of hydrogen-bond acceptors (Lipinski definition) is 4. The molecule has 0 aliphatic carbocycles. The van der Waals surface area contributed by atoms with E-state index in [2.05, 4.69) is 19.6 Å². The van der Waals surface area contributed by atoms with E-state index < -0.39 is 8.07 Å². The molecule has 1 heterocycles. The van der Waals surface area contributed by atoms with Gasteiger partial charge in [0.25, 0.3) is 0 Å². The quantitative estimate of drug-likeness (QED) is 0.161. The van der Waals surface area contributed by atoms with Gasteiger partial charge in [-0.15, -0.1) is 0 Å². The Labute approximate surface area is 207 Å². The predicted octanol–water partition coefficient (Wildman–Crippen LogP) is 6.78. The summed E-state index contributed by atoms with van der Waals surface area (Å²) in [5.41, 5.74) is 3.33. The summed E-state index contributed by atoms with van der Waals surface area (Å²) in [6, 6.07) is 23.7. The van der Waals surface area contributed by atoms with Crippen molar-refractivity contribution in [3.63, 3.8) is 0 Å². The number of rotatable bonds is 12. The molecule has 0 amide bonds. The maximum atomic E-state index is 14.6. The van der Waals surface area contributed by atoms with E-state index in [1.54, 1.807) is 0 Å². The molecule has 35 heavy (non-hydrogen) atoms. The lowest BCUT2D eigenvalue weighted by atomic mass is 10.2. The fourth-order valence-electron chi connectivity index (χ4n) is 3.68. The molecule has 0 bridgehead atoms. The Balaban J connectivity index is 1.57. The van der Waals surface area contributed by atoms with Crippen LogP contribution in [0.5, 0.6) is 5.75 Å². The molecular weight excluding hydrogens is 459 g/mol. The third-order valence-corrected chi connectivity index (χ3v) is 7.36. The molecule has 0 radical (unpaired) electrons. The van der Waals surface area contributed by atoms with Crippen molar-refractivity contribution in [1.29, 1.82) is 0 Å². The van der Waals surface area contributed by atoms with E-state index >= 15 is 0 Å². The summed E-state index contributed by atoms with van der Waals surface area (Å²) in [4.78, 5) is 4.80. The van der Waals surface area contributed by atoms with Gasteiger partial charge in [0.15, 0.2) is 5.75 Å². The van der Waals surface area contributed by atoms with Crippen LogP contribution in [-0.4, -0.2) is 24.2 Å². The minimum atomic E-state index is -1.22. The van der Waals surface area contributed by atoms with Crippen LogP contribution < -0.4 is 4.74 Å². The Hall–Kier alpha value is -3.00. The first-order valence-electron chi connectivity index (χ1n) is 11.9. The fraction of sp³-hybridized carbons (Fsp3) is 0.321. The Bertz CT molecular complexity index is 1220. The Kier molecular flexibility index (Phi) is 8.33. The summed E-state index contributed by atoms with van der Waals surface area (Å²) in [6.07, 6.45) is 0. The zero-order valence-electron chi connectivity index (χ0n) is 20.7. The lowest BCUT2D eigenvalue weighted by molar-refractivity contribution is 0.0694. The first-order valence-corrected chi connectivity index (χ1v) is 15.6. The maximum Gasteiger partial charge on any atom is 0.150 e. The van der Waals surface area contributed by atoms with Crippen LogP contribution in [0.15, 0.2) is 72.8 Å². The van der Waals surface area contributed by atoms with E-state index in [0.717, 1.165) is 17.2 Å². The molecule has 0 saturated carbocycles. The highest BCUT2D eigenvalue weighted by molar-refractivity contribution is 6.76. The second kappa shape index (κ2) is 11.6. The molecule has 3 aromatic carbocycles. The highest BCUT2D eigenvalue weighted by Gasteiger charge is 2.18. The van der Waals surface area contributed by atoms with Gasteiger partial charge in [-0.1, -0.05) is 80.3 Å². The van der Waals surface area contributed by atoms with E-state index in [4.69, 9.17) is 19.2 Å². The van der Waals surface area contributed by atoms with Crippen LogP contribution in [0.3, 0.4) is 0 Å². The average Bonchev–Trinajstić information content (AvgIpc) is 3.18. The molecule has 184 valence electrons. The smallest absolute Gasteiger partial charge is 0.150 e. The molecule has 1 aromatic heterocycles. The predicted molar refractivity (Wildman–Crippen MR) is 140 cm³/mol. The molecule has 0 unspecified atom stereocenters. The van der Waals surface area contributed by atoms with Crippen LogP contribution in [0.2, 0.25) is 25.7 Å². The van der Waals surface area contributed by atoms with E-state index in [0.29, 0.717) is 42.4 Å². The second-order valence-corrected chi connectivity index (χ2v) is 15.4. The molecule has 0 spiro atoms. The molecule has 7 heteroatoms. The number of benzene rings is 3. The van der Waals surface area contributed by atoms with Crippen molar-refractivity contribution in [2.75, 3.05) is 6.61 Å². The Morgan fingerprint density at radius 2 is 1.49 bits per heavy atom. The van der Waals surface area contributed by atoms with Crippen LogP contribution in [0.25, 0.3) is 11.0 Å². The first-order chi connectivity index (χ1) is 16.9. The summed E-state index contributed by atoms with van der Waals surface area (Å²) < 4.78 is 34.5. The molecule has 0 fully saturated rings. The van der Waals surface area contributed by atoms with E-state index in [-0.39, 0.29) is 19.2 Å². The van der Waals surface area contributed by atoms with Gasteiger partial charge in [-0.3, -0.25) is 0 Å². The van der Waals surface area contributed by atoms with Gasteiger partial charge >= 0.3 is 0 Å². The summed E-state index contributed by atoms with van der Waals surface area (Å²) in [5, 5.41) is 0. The van der Waals surface area contributed by atoms with Crippen molar-refractivity contribution < 1.29 is 18.6 Å². The Morgan fingerprint density at radius 1 is 0.829 bits per heavy atom. The molecule has 0 N–H and O–H groups in total. The Morgan fingerprint density at radius 3 is 2.14 bits per heavy atom. The summed E-state index contributed by atoms with van der Waals surface area (Å²) in [5.74, 6) is 0.716. The monoisotopic (exact) mass is 492 g/mol. The van der Waals surface area contributed by atoms with Gasteiger partial charge in [0.1, 0.15) is 37.1 Å². The van der Waals surface area contributed by atoms with Gasteiger partial charge in [-0.25, -0.2) is 9.37 Å². The molecule has 0 aliphatic rings. The zero-order valence-corrected chi connectivity index (χ0v) is 21.7. The van der Waals surface area contributed by atoms with Crippen molar-refractivity contribution in [1.82, 2.24) is 9.55 Å². The van der Waals surface area contributed by atoms with Gasteiger partial charge < -0.3 is 18.8 Å². The number of ether oxygens (including phenoxy) is 3. The lowest BCUT2D eigenvalue weighted by Gasteiger charge is -2.16. The molecule has 5 nitrogen and oxygen atoms in total. The van der Waals surface area contributed by atoms with Gasteiger partial charge in [0, 0.05) is 26.8 Å². The van der Waals surface area contributed by atoms with Crippen molar-refractivity contribution >= 4 is 19.1 Å². The largest absolute Gasteiger partial charge is 0.486 e. The highest BCUT2D eigenvalue weighted by atomic mass is 28.3. The highest BCUT2D eigenvalue weighted by Crippen LogP contribution is 2.29. The summed E-state index contributed by atoms with van der Waals surface area (Å²) in [7, 11) is -1.22. The van der Waals surface area contributed by atoms with E-state index in [1.165, 1.54) is 12.1 Å². The summed E-state index contributed by atoms with van der Waals surface area (Å²) in [6.45, 7) is 8.97. The van der Waals surface area contributed by atoms with Crippen LogP contribution in [0, 0.1) is 5.82 Å². The number of imidazole rings is 1. The maximum absolute atomic E-state index is 14.6. The van der Waals surface area contributed by atoms with Crippen LogP contribution >= 0.6 is 0 Å². The number of hydrogen-bond donors (Lipinski definition) is 0. The normalized spacial score (nSPS) is 11.8. The third-order valence-electron chi connectivity index (χ3n) is 5.66. The minimum Gasteiger partial charge on any atom is -0.486 e. The topological polar surface area (TPSA) is 45.5 Å². The van der Waals surface area contributed by atoms with Crippen molar-refractivity contribution in [3.8, 4) is 5.75 Å². The molecule has 0 aliphatic heterocycles. The molecular formula is C28H33FN2O3Si. The number of aromatic nitrogens is 2. The van der Waals surface area contributed by atoms with Crippen LogP contribution in [0.1, 0.15) is 17.0 Å². The fourth-order valence-corrected chi connectivity index (χ4v) is 4.43. The standard InChI is InChI=1S/C28H33FN2O3Si/c1-35(2,3)15-14-32-21-31-25-16-24(29)17-26(34-19-23-12-8-5-9-13-23)28(25)30-27(31)20-33-18-22-10-6-4-7-11-22/h4-13,16-17H,14-15,18-21H2,1-3H3. The van der Waals surface area contributed by atoms with Gasteiger partial charge in [-0.2, -0.15) is 0 Å². The molecule has 4 aromatic rings. The van der Waals surface area contributed by atoms with Crippen molar-refractivity contribution in [3.05, 3.63) is 95.6 Å². The van der Waals surface area contributed by atoms with E-state index in [9.17, 15) is 4.39 Å². The van der Waals surface area contributed by atoms with Crippen LogP contribution in [0.4, 0.5) is 4.39 Å².